The maximum Gasteiger partial charge on any atom is 0.307 e. The van der Waals surface area contributed by atoms with E-state index < -0.39 is 33.7 Å². The summed E-state index contributed by atoms with van der Waals surface area (Å²) < 4.78 is 25.7. The average molecular weight is 399 g/mol. The summed E-state index contributed by atoms with van der Waals surface area (Å²) in [5.74, 6) is -3.10. The van der Waals surface area contributed by atoms with Crippen molar-refractivity contribution in [1.29, 1.82) is 0 Å². The molecule has 1 amide bonds. The van der Waals surface area contributed by atoms with Gasteiger partial charge in [0.05, 0.1) is 16.9 Å². The van der Waals surface area contributed by atoms with Gasteiger partial charge in [-0.05, 0) is 36.5 Å². The molecule has 1 aromatic carbocycles. The first-order valence-electron chi connectivity index (χ1n) is 8.07. The first-order valence-corrected chi connectivity index (χ1v) is 9.89. The fourth-order valence-corrected chi connectivity index (χ4v) is 5.11. The van der Waals surface area contributed by atoms with Crippen molar-refractivity contribution in [2.45, 2.75) is 11.3 Å². The number of nitrogens with one attached hydrogen (secondary N) is 1. The maximum atomic E-state index is 12.7. The third-order valence-corrected chi connectivity index (χ3v) is 7.30. The van der Waals surface area contributed by atoms with E-state index in [0.717, 1.165) is 4.31 Å². The first kappa shape index (κ1) is 18.9. The van der Waals surface area contributed by atoms with Gasteiger partial charge in [-0.25, -0.2) is 12.7 Å². The Morgan fingerprint density at radius 2 is 1.81 bits per heavy atom. The Kier molecular flexibility index (Phi) is 4.85. The van der Waals surface area contributed by atoms with Crippen LogP contribution in [0.5, 0.6) is 0 Å². The van der Waals surface area contributed by atoms with E-state index in [1.807, 2.05) is 12.2 Å². The van der Waals surface area contributed by atoms with E-state index in [1.54, 1.807) is 0 Å². The zero-order valence-electron chi connectivity index (χ0n) is 14.2. The molecule has 2 aliphatic rings. The molecule has 0 radical (unpaired) electrons. The smallest absolute Gasteiger partial charge is 0.307 e. The number of carboxylic acid groups (broad SMARTS) is 1. The van der Waals surface area contributed by atoms with Crippen LogP contribution in [0.15, 0.2) is 35.2 Å². The highest BCUT2D eigenvalue weighted by Crippen LogP contribution is 2.48. The van der Waals surface area contributed by atoms with Gasteiger partial charge in [-0.1, -0.05) is 23.8 Å². The standard InChI is InChI=1S/C17H19ClN2O5S/c1-20(2)26(24,25)13-8-11(5-6-12(13)18)19-16(21)14-9-3-4-10(7-9)15(14)17(22)23/h3-6,8-10,14-15H,7H2,1-2H3,(H,19,21)(H,22,23)/t9-,10-,14+,15+/m0/s1. The topological polar surface area (TPSA) is 104 Å². The van der Waals surface area contributed by atoms with Crippen LogP contribution in [0.25, 0.3) is 0 Å². The van der Waals surface area contributed by atoms with Crippen molar-refractivity contribution in [1.82, 2.24) is 4.31 Å². The summed E-state index contributed by atoms with van der Waals surface area (Å²) in [6, 6.07) is 4.17. The number of halogens is 1. The number of rotatable bonds is 5. The second kappa shape index (κ2) is 6.68. The lowest BCUT2D eigenvalue weighted by molar-refractivity contribution is -0.146. The molecule has 0 unspecified atom stereocenters. The number of carbonyl (C=O) groups excluding carboxylic acids is 1. The van der Waals surface area contributed by atoms with E-state index in [9.17, 15) is 23.1 Å². The minimum atomic E-state index is -3.77. The molecule has 7 nitrogen and oxygen atoms in total. The molecule has 9 heteroatoms. The summed E-state index contributed by atoms with van der Waals surface area (Å²) in [5, 5.41) is 12.2. The predicted octanol–water partition coefficient (Wildman–Crippen LogP) is 2.05. The van der Waals surface area contributed by atoms with Crippen molar-refractivity contribution in [3.8, 4) is 0 Å². The van der Waals surface area contributed by atoms with E-state index >= 15 is 0 Å². The number of benzene rings is 1. The molecule has 2 aliphatic carbocycles. The Morgan fingerprint density at radius 3 is 2.38 bits per heavy atom. The highest BCUT2D eigenvalue weighted by Gasteiger charge is 2.51. The van der Waals surface area contributed by atoms with Gasteiger partial charge in [-0.2, -0.15) is 0 Å². The van der Waals surface area contributed by atoms with Gasteiger partial charge in [0, 0.05) is 19.8 Å². The van der Waals surface area contributed by atoms with Crippen molar-refractivity contribution >= 4 is 39.2 Å². The lowest BCUT2D eigenvalue weighted by Gasteiger charge is -2.24. The second-order valence-electron chi connectivity index (χ2n) is 6.76. The maximum absolute atomic E-state index is 12.7. The molecule has 4 atom stereocenters. The van der Waals surface area contributed by atoms with Crippen molar-refractivity contribution in [2.75, 3.05) is 19.4 Å². The first-order chi connectivity index (χ1) is 12.1. The second-order valence-corrected chi connectivity index (χ2v) is 9.29. The molecule has 0 saturated heterocycles. The van der Waals surface area contributed by atoms with Crippen molar-refractivity contribution < 1.29 is 23.1 Å². The number of hydrogen-bond donors (Lipinski definition) is 2. The lowest BCUT2D eigenvalue weighted by atomic mass is 9.82. The van der Waals surface area contributed by atoms with Gasteiger partial charge in [-0.3, -0.25) is 9.59 Å². The summed E-state index contributed by atoms with van der Waals surface area (Å²) in [6.07, 6.45) is 4.39. The Hall–Kier alpha value is -1.90. The normalized spacial score (nSPS) is 27.1. The zero-order valence-corrected chi connectivity index (χ0v) is 15.8. The fourth-order valence-electron chi connectivity index (χ4n) is 3.72. The van der Waals surface area contributed by atoms with E-state index in [4.69, 9.17) is 11.6 Å². The molecular formula is C17H19ClN2O5S. The quantitative estimate of drug-likeness (QED) is 0.739. The summed E-state index contributed by atoms with van der Waals surface area (Å²) in [7, 11) is -1.00. The predicted molar refractivity (Wildman–Crippen MR) is 96.3 cm³/mol. The number of carboxylic acids is 1. The molecule has 26 heavy (non-hydrogen) atoms. The van der Waals surface area contributed by atoms with Crippen LogP contribution in [0.1, 0.15) is 6.42 Å². The fraction of sp³-hybridized carbons (Fsp3) is 0.412. The third kappa shape index (κ3) is 3.13. The molecule has 2 bridgehead atoms. The molecule has 1 aromatic rings. The number of anilines is 1. The van der Waals surface area contributed by atoms with Crippen LogP contribution in [-0.4, -0.2) is 43.8 Å². The zero-order chi connectivity index (χ0) is 19.2. The van der Waals surface area contributed by atoms with E-state index in [1.165, 1.54) is 32.3 Å². The van der Waals surface area contributed by atoms with Gasteiger partial charge in [-0.15, -0.1) is 0 Å². The summed E-state index contributed by atoms with van der Waals surface area (Å²) in [6.45, 7) is 0. The number of aliphatic carboxylic acids is 1. The average Bonchev–Trinajstić information content (AvgIpc) is 3.17. The van der Waals surface area contributed by atoms with E-state index in [2.05, 4.69) is 5.32 Å². The Bertz CT molecular complexity index is 896. The Balaban J connectivity index is 1.87. The third-order valence-electron chi connectivity index (χ3n) is 5.00. The van der Waals surface area contributed by atoms with Crippen LogP contribution in [0.3, 0.4) is 0 Å². The van der Waals surface area contributed by atoms with Crippen LogP contribution in [0.4, 0.5) is 5.69 Å². The van der Waals surface area contributed by atoms with Crippen LogP contribution in [-0.2, 0) is 19.6 Å². The number of allylic oxidation sites excluding steroid dienone is 2. The molecule has 0 heterocycles. The lowest BCUT2D eigenvalue weighted by Crippen LogP contribution is -2.36. The van der Waals surface area contributed by atoms with Crippen LogP contribution < -0.4 is 5.32 Å². The minimum absolute atomic E-state index is 0.0444. The number of hydrogen-bond acceptors (Lipinski definition) is 4. The van der Waals surface area contributed by atoms with Gasteiger partial charge in [0.2, 0.25) is 15.9 Å². The van der Waals surface area contributed by atoms with Gasteiger partial charge in [0.1, 0.15) is 4.90 Å². The van der Waals surface area contributed by atoms with Crippen LogP contribution >= 0.6 is 11.6 Å². The molecule has 2 N–H and O–H groups in total. The SMILES string of the molecule is CN(C)S(=O)(=O)c1cc(NC(=O)[C@H]2[C@H](C(=O)O)[C@H]3C=C[C@H]2C3)ccc1Cl. The number of fused-ring (bicyclic) bond motifs is 2. The summed E-state index contributed by atoms with van der Waals surface area (Å²) in [4.78, 5) is 24.1. The summed E-state index contributed by atoms with van der Waals surface area (Å²) >= 11 is 6.00. The Morgan fingerprint density at radius 1 is 1.19 bits per heavy atom. The molecule has 1 fully saturated rings. The molecule has 0 spiro atoms. The van der Waals surface area contributed by atoms with Crippen molar-refractivity contribution in [3.63, 3.8) is 0 Å². The van der Waals surface area contributed by atoms with Crippen molar-refractivity contribution in [2.24, 2.45) is 23.7 Å². The van der Waals surface area contributed by atoms with Gasteiger partial charge in [0.25, 0.3) is 0 Å². The number of nitrogens with zero attached hydrogens (tertiary/aromatic N) is 1. The largest absolute Gasteiger partial charge is 0.481 e. The van der Waals surface area contributed by atoms with Gasteiger partial charge >= 0.3 is 5.97 Å². The minimum Gasteiger partial charge on any atom is -0.481 e. The number of sulfonamides is 1. The highest BCUT2D eigenvalue weighted by atomic mass is 35.5. The number of amides is 1. The highest BCUT2D eigenvalue weighted by molar-refractivity contribution is 7.89. The van der Waals surface area contributed by atoms with E-state index in [0.29, 0.717) is 6.42 Å². The van der Waals surface area contributed by atoms with Gasteiger partial charge in [0.15, 0.2) is 0 Å². The van der Waals surface area contributed by atoms with Crippen LogP contribution in [0.2, 0.25) is 5.02 Å². The molecule has 0 aliphatic heterocycles. The summed E-state index contributed by atoms with van der Waals surface area (Å²) in [5.41, 5.74) is 0.260. The van der Waals surface area contributed by atoms with Gasteiger partial charge < -0.3 is 10.4 Å². The molecule has 0 aromatic heterocycles. The van der Waals surface area contributed by atoms with E-state index in [-0.39, 0.29) is 27.4 Å². The Labute approximate surface area is 156 Å². The monoisotopic (exact) mass is 398 g/mol. The molecule has 140 valence electrons. The molecule has 1 saturated carbocycles. The molecule has 3 rings (SSSR count). The van der Waals surface area contributed by atoms with Crippen molar-refractivity contribution in [3.05, 3.63) is 35.4 Å². The van der Waals surface area contributed by atoms with Crippen LogP contribution in [0, 0.1) is 23.7 Å². The number of carbonyl (C=O) groups is 2. The molecular weight excluding hydrogens is 380 g/mol.